The number of nitrogen functional groups attached to an aromatic ring is 1. The number of aromatic nitrogens is 5. The third kappa shape index (κ3) is 6.08. The number of hydrogen-bond acceptors (Lipinski definition) is 13. The maximum atomic E-state index is 15.1. The molecule has 5 rings (SSSR count). The predicted molar refractivity (Wildman–Crippen MR) is 141 cm³/mol. The van der Waals surface area contributed by atoms with Crippen molar-refractivity contribution < 1.29 is 31.1 Å². The summed E-state index contributed by atoms with van der Waals surface area (Å²) in [4.78, 5) is 11.2. The minimum atomic E-state index is -4.70. The van der Waals surface area contributed by atoms with Crippen molar-refractivity contribution in [1.29, 1.82) is 0 Å². The molecule has 1 atom stereocenters. The van der Waals surface area contributed by atoms with Crippen LogP contribution in [-0.2, 0) is 24.8 Å². The molecule has 0 unspecified atom stereocenters. The van der Waals surface area contributed by atoms with E-state index in [2.05, 4.69) is 35.6 Å². The van der Waals surface area contributed by atoms with Crippen molar-refractivity contribution >= 4 is 53.2 Å². The molecule has 4 aromatic rings. The van der Waals surface area contributed by atoms with Gasteiger partial charge >= 0.3 is 0 Å². The lowest BCUT2D eigenvalue weighted by atomic mass is 9.97. The first kappa shape index (κ1) is 29.4. The summed E-state index contributed by atoms with van der Waals surface area (Å²) in [6, 6.07) is 7.67. The summed E-state index contributed by atoms with van der Waals surface area (Å²) < 4.78 is 70.6. The maximum Gasteiger partial charge on any atom is 0.242 e. The number of piperidine rings is 1. The van der Waals surface area contributed by atoms with Crippen LogP contribution >= 0.6 is 11.3 Å². The Morgan fingerprint density at radius 3 is 2.58 bits per heavy atom. The van der Waals surface area contributed by atoms with E-state index in [1.807, 2.05) is 0 Å². The lowest BCUT2D eigenvalue weighted by molar-refractivity contribution is -0.283. The van der Waals surface area contributed by atoms with Gasteiger partial charge < -0.3 is 21.0 Å². The molecule has 0 amide bonds. The first-order chi connectivity index (χ1) is 18.9. The zero-order valence-electron chi connectivity index (χ0n) is 20.5. The number of halogens is 1. The van der Waals surface area contributed by atoms with Gasteiger partial charge in [-0.2, -0.15) is 5.21 Å². The molecule has 1 aliphatic rings. The van der Waals surface area contributed by atoms with E-state index in [9.17, 15) is 16.8 Å². The van der Waals surface area contributed by atoms with Crippen molar-refractivity contribution in [1.82, 2.24) is 35.6 Å². The summed E-state index contributed by atoms with van der Waals surface area (Å²) in [6.45, 7) is -0.463. The van der Waals surface area contributed by atoms with Crippen molar-refractivity contribution in [2.75, 3.05) is 25.4 Å². The average molecular weight is 613 g/mol. The van der Waals surface area contributed by atoms with E-state index in [0.29, 0.717) is 24.0 Å². The number of carbonyl (C=O) groups excluding carboxylic acids is 1. The van der Waals surface area contributed by atoms with Gasteiger partial charge in [0.05, 0.1) is 15.8 Å². The first-order valence-corrected chi connectivity index (χ1v) is 15.3. The van der Waals surface area contributed by atoms with Gasteiger partial charge in [0.2, 0.25) is 25.9 Å². The van der Waals surface area contributed by atoms with E-state index in [4.69, 9.17) is 20.8 Å². The van der Waals surface area contributed by atoms with E-state index in [1.165, 1.54) is 17.4 Å². The molecule has 7 N–H and O–H groups in total. The molecule has 3 heterocycles. The maximum absolute atomic E-state index is 15.1. The topological polar surface area (TPSA) is 252 Å². The van der Waals surface area contributed by atoms with Gasteiger partial charge in [0.1, 0.15) is 15.5 Å². The number of nitrogens with zero attached hydrogens (tertiary/aromatic N) is 4. The lowest BCUT2D eigenvalue weighted by Gasteiger charge is -2.30. The largest absolute Gasteiger partial charge is 0.554 e. The fourth-order valence-electron chi connectivity index (χ4n) is 4.34. The van der Waals surface area contributed by atoms with Crippen LogP contribution in [0, 0.1) is 0 Å². The van der Waals surface area contributed by atoms with Crippen LogP contribution in [0.4, 0.5) is 9.52 Å². The highest BCUT2D eigenvalue weighted by Gasteiger charge is 2.36. The number of H-pyrrole nitrogens is 1. The van der Waals surface area contributed by atoms with E-state index in [-0.39, 0.29) is 35.0 Å². The molecule has 2 aromatic carbocycles. The van der Waals surface area contributed by atoms with E-state index in [0.717, 1.165) is 10.8 Å². The number of fused-ring (bicyclic) bond motifs is 1. The quantitative estimate of drug-likeness (QED) is 0.159. The summed E-state index contributed by atoms with van der Waals surface area (Å²) in [5.41, 5.74) is 5.00. The zero-order chi connectivity index (χ0) is 29.1. The fraction of sp³-hybridized carbons (Fsp3) is 0.286. The third-order valence-corrected chi connectivity index (χ3v) is 9.41. The van der Waals surface area contributed by atoms with Crippen LogP contribution in [0.15, 0.2) is 40.1 Å². The SMILES string of the molecule is Nc1nc2c(-c3ccc(S(=O)(=O)NC[C@]4(F)CCCNC4)c(S(N)(=O)=O)c3-c3nn[nH]n3)cccc2s1.O=C[O-]. The Kier molecular flexibility index (Phi) is 8.42. The van der Waals surface area contributed by atoms with Gasteiger partial charge in [0.15, 0.2) is 5.13 Å². The fourth-order valence-corrected chi connectivity index (χ4v) is 7.81. The van der Waals surface area contributed by atoms with Crippen molar-refractivity contribution in [3.05, 3.63) is 30.3 Å². The molecule has 1 saturated heterocycles. The molecule has 0 saturated carbocycles. The number of benzene rings is 2. The van der Waals surface area contributed by atoms with E-state index >= 15 is 4.39 Å². The Hall–Kier alpha value is -3.62. The van der Waals surface area contributed by atoms with Gasteiger partial charge in [0, 0.05) is 25.1 Å². The number of thiazole rings is 1. The third-order valence-electron chi connectivity index (χ3n) is 5.99. The number of hydrogen-bond donors (Lipinski definition) is 5. The van der Waals surface area contributed by atoms with E-state index in [1.54, 1.807) is 18.2 Å². The number of aromatic amines is 1. The molecule has 2 aromatic heterocycles. The lowest BCUT2D eigenvalue weighted by Crippen LogP contribution is -2.49. The van der Waals surface area contributed by atoms with Crippen LogP contribution in [0.25, 0.3) is 32.7 Å². The van der Waals surface area contributed by atoms with Gasteiger partial charge in [-0.05, 0) is 42.3 Å². The zero-order valence-corrected chi connectivity index (χ0v) is 22.9. The summed E-state index contributed by atoms with van der Waals surface area (Å²) in [7, 11) is -9.26. The first-order valence-electron chi connectivity index (χ1n) is 11.4. The number of carbonyl (C=O) groups is 1. The minimum absolute atomic E-state index is 0.0363. The van der Waals surface area contributed by atoms with Gasteiger partial charge in [-0.3, -0.25) is 0 Å². The summed E-state index contributed by atoms with van der Waals surface area (Å²) >= 11 is 1.23. The van der Waals surface area contributed by atoms with Crippen molar-refractivity contribution in [3.63, 3.8) is 0 Å². The number of rotatable bonds is 7. The van der Waals surface area contributed by atoms with Gasteiger partial charge in [0.25, 0.3) is 0 Å². The standard InChI is InChI=1S/C20H22FN9O4S3.CH2O2/c21-20(7-2-8-24-9-20)10-25-37(33,34)14-6-5-11(12-3-1-4-13-16(12)26-19(22)35-13)15(17(14)36(23,31)32)18-27-29-30-28-18;2-1-3/h1,3-6,24-25H,2,7-10H2,(H2,22,26)(H2,23,31,32)(H,27,28,29,30);1H,(H,2,3)/p-1/t20-;/m0./s1. The second-order valence-electron chi connectivity index (χ2n) is 8.65. The smallest absolute Gasteiger partial charge is 0.242 e. The van der Waals surface area contributed by atoms with Crippen LogP contribution in [0.5, 0.6) is 0 Å². The molecular weight excluding hydrogens is 589 g/mol. The number of anilines is 1. The number of nitrogens with two attached hydrogens (primary N) is 2. The molecule has 15 nitrogen and oxygen atoms in total. The molecule has 1 fully saturated rings. The Morgan fingerprint density at radius 1 is 1.20 bits per heavy atom. The molecule has 19 heteroatoms. The van der Waals surface area contributed by atoms with Crippen LogP contribution in [0.2, 0.25) is 0 Å². The normalized spacial score (nSPS) is 17.8. The number of primary sulfonamides is 1. The monoisotopic (exact) mass is 612 g/mol. The molecule has 0 bridgehead atoms. The second-order valence-corrected chi connectivity index (χ2v) is 12.9. The highest BCUT2D eigenvalue weighted by Crippen LogP contribution is 2.42. The molecule has 214 valence electrons. The van der Waals surface area contributed by atoms with Gasteiger partial charge in [-0.25, -0.2) is 36.1 Å². The molecule has 0 aliphatic carbocycles. The number of nitrogens with one attached hydrogen (secondary N) is 3. The summed E-state index contributed by atoms with van der Waals surface area (Å²) in [5.74, 6) is -0.213. The Labute approximate surface area is 231 Å². The van der Waals surface area contributed by atoms with E-state index < -0.39 is 48.5 Å². The Balaban J connectivity index is 0.00000118. The van der Waals surface area contributed by atoms with Gasteiger partial charge in [-0.15, -0.1) is 10.2 Å². The number of alkyl halides is 1. The molecule has 0 radical (unpaired) electrons. The Bertz CT molecular complexity index is 1740. The van der Waals surface area contributed by atoms with Crippen LogP contribution < -0.4 is 26.0 Å². The number of para-hydroxylation sites is 1. The highest BCUT2D eigenvalue weighted by molar-refractivity contribution is 7.92. The molecule has 40 heavy (non-hydrogen) atoms. The van der Waals surface area contributed by atoms with Gasteiger partial charge in [-0.1, -0.05) is 29.5 Å². The predicted octanol–water partition coefficient (Wildman–Crippen LogP) is -0.891. The minimum Gasteiger partial charge on any atom is -0.554 e. The number of carboxylic acid groups (broad SMARTS) is 1. The van der Waals surface area contributed by atoms with Crippen molar-refractivity contribution in [2.45, 2.75) is 28.3 Å². The molecular formula is C21H23FN9O6S3-. The summed E-state index contributed by atoms with van der Waals surface area (Å²) in [5, 5.41) is 30.5. The van der Waals surface area contributed by atoms with Crippen LogP contribution in [0.1, 0.15) is 12.8 Å². The molecule has 1 aliphatic heterocycles. The summed E-state index contributed by atoms with van der Waals surface area (Å²) in [6.07, 6.45) is 0.683. The van der Waals surface area contributed by atoms with Crippen LogP contribution in [0.3, 0.4) is 0 Å². The highest BCUT2D eigenvalue weighted by atomic mass is 32.2. The molecule has 0 spiro atoms. The Morgan fingerprint density at radius 2 is 1.95 bits per heavy atom. The number of tetrazole rings is 1. The average Bonchev–Trinajstić information content (AvgIpc) is 3.56. The van der Waals surface area contributed by atoms with Crippen LogP contribution in [-0.4, -0.2) is 74.2 Å². The second kappa shape index (κ2) is 11.5. The van der Waals surface area contributed by atoms with Crippen molar-refractivity contribution in [2.24, 2.45) is 5.14 Å². The van der Waals surface area contributed by atoms with Crippen molar-refractivity contribution in [3.8, 4) is 22.5 Å². The number of sulfonamides is 2.